The molecule has 3 aromatic carbocycles. The average molecular weight is 450 g/mol. The third-order valence-electron chi connectivity index (χ3n) is 6.08. The standard InChI is InChI=1S/C29H23NO4/c1-2-21-25(29(32)33)27-24(34-18-19-10-4-3-5-11-19)16-9-17-30(27)26(21)28(31)23-15-8-13-20-12-6-7-14-22(20)23/h3-17H,2,18H2,1H3,(H,32,33). The number of aromatic nitrogens is 1. The van der Waals surface area contributed by atoms with E-state index in [9.17, 15) is 14.7 Å². The second-order valence-electron chi connectivity index (χ2n) is 8.08. The van der Waals surface area contributed by atoms with Crippen LogP contribution in [0.25, 0.3) is 16.3 Å². The number of hydrogen-bond acceptors (Lipinski definition) is 3. The van der Waals surface area contributed by atoms with E-state index >= 15 is 0 Å². The highest BCUT2D eigenvalue weighted by Crippen LogP contribution is 2.34. The van der Waals surface area contributed by atoms with Crippen LogP contribution in [0, 0.1) is 0 Å². The Morgan fingerprint density at radius 2 is 1.62 bits per heavy atom. The molecular formula is C29H23NO4. The number of nitrogens with zero attached hydrogens (tertiary/aromatic N) is 1. The van der Waals surface area contributed by atoms with Crippen LogP contribution in [0.2, 0.25) is 0 Å². The van der Waals surface area contributed by atoms with Crippen LogP contribution in [0.15, 0.2) is 91.1 Å². The summed E-state index contributed by atoms with van der Waals surface area (Å²) in [5.41, 5.74) is 2.87. The molecular weight excluding hydrogens is 426 g/mol. The van der Waals surface area contributed by atoms with Crippen molar-refractivity contribution < 1.29 is 19.4 Å². The summed E-state index contributed by atoms with van der Waals surface area (Å²) in [5.74, 6) is -0.867. The first-order valence-electron chi connectivity index (χ1n) is 11.2. The fourth-order valence-electron chi connectivity index (χ4n) is 4.55. The molecule has 5 rings (SSSR count). The number of ketones is 1. The molecule has 5 heteroatoms. The second-order valence-corrected chi connectivity index (χ2v) is 8.08. The van der Waals surface area contributed by atoms with Crippen LogP contribution in [-0.2, 0) is 13.0 Å². The molecule has 168 valence electrons. The zero-order valence-electron chi connectivity index (χ0n) is 18.7. The molecule has 0 radical (unpaired) electrons. The predicted octanol–water partition coefficient (Wildman–Crippen LogP) is 6.16. The van der Waals surface area contributed by atoms with Crippen LogP contribution >= 0.6 is 0 Å². The summed E-state index contributed by atoms with van der Waals surface area (Å²) in [4.78, 5) is 26.4. The van der Waals surface area contributed by atoms with E-state index in [4.69, 9.17) is 4.74 Å². The number of ether oxygens (including phenoxy) is 1. The molecule has 0 aliphatic carbocycles. The maximum absolute atomic E-state index is 13.9. The number of carbonyl (C=O) groups is 2. The van der Waals surface area contributed by atoms with Crippen LogP contribution < -0.4 is 4.74 Å². The summed E-state index contributed by atoms with van der Waals surface area (Å²) in [7, 11) is 0. The van der Waals surface area contributed by atoms with E-state index in [0.717, 1.165) is 16.3 Å². The summed E-state index contributed by atoms with van der Waals surface area (Å²) in [6, 6.07) is 26.5. The maximum Gasteiger partial charge on any atom is 0.338 e. The summed E-state index contributed by atoms with van der Waals surface area (Å²) in [6.07, 6.45) is 2.13. The highest BCUT2D eigenvalue weighted by atomic mass is 16.5. The smallest absolute Gasteiger partial charge is 0.338 e. The number of pyridine rings is 1. The van der Waals surface area contributed by atoms with E-state index in [1.807, 2.05) is 73.7 Å². The van der Waals surface area contributed by atoms with Crippen molar-refractivity contribution in [2.45, 2.75) is 20.0 Å². The molecule has 2 aromatic heterocycles. The third-order valence-corrected chi connectivity index (χ3v) is 6.08. The van der Waals surface area contributed by atoms with E-state index in [0.29, 0.717) is 41.1 Å². The number of benzene rings is 3. The molecule has 0 saturated carbocycles. The lowest BCUT2D eigenvalue weighted by Gasteiger charge is -2.11. The SMILES string of the molecule is CCc1c(C(=O)O)c2c(OCc3ccccc3)cccn2c1C(=O)c1cccc2ccccc12. The molecule has 34 heavy (non-hydrogen) atoms. The zero-order chi connectivity index (χ0) is 23.7. The van der Waals surface area contributed by atoms with Crippen LogP contribution in [0.3, 0.4) is 0 Å². The van der Waals surface area contributed by atoms with Gasteiger partial charge in [0.05, 0.1) is 11.3 Å². The number of aromatic carboxylic acids is 1. The van der Waals surface area contributed by atoms with E-state index in [1.54, 1.807) is 28.8 Å². The van der Waals surface area contributed by atoms with Gasteiger partial charge in [0.25, 0.3) is 0 Å². The molecule has 0 atom stereocenters. The summed E-state index contributed by atoms with van der Waals surface area (Å²) in [6.45, 7) is 2.16. The monoisotopic (exact) mass is 449 g/mol. The lowest BCUT2D eigenvalue weighted by Crippen LogP contribution is -2.09. The van der Waals surface area contributed by atoms with Gasteiger partial charge in [0, 0.05) is 11.8 Å². The van der Waals surface area contributed by atoms with Crippen LogP contribution in [0.4, 0.5) is 0 Å². The number of carboxylic acids is 1. The van der Waals surface area contributed by atoms with Crippen molar-refractivity contribution >= 4 is 28.0 Å². The van der Waals surface area contributed by atoms with Crippen molar-refractivity contribution in [2.24, 2.45) is 0 Å². The summed E-state index contributed by atoms with van der Waals surface area (Å²) >= 11 is 0. The normalized spacial score (nSPS) is 11.1. The third kappa shape index (κ3) is 3.61. The van der Waals surface area contributed by atoms with Gasteiger partial charge in [0.1, 0.15) is 17.9 Å². The van der Waals surface area contributed by atoms with Gasteiger partial charge in [-0.25, -0.2) is 4.79 Å². The summed E-state index contributed by atoms with van der Waals surface area (Å²) < 4.78 is 7.74. The largest absolute Gasteiger partial charge is 0.487 e. The molecule has 0 unspecified atom stereocenters. The molecule has 0 aliphatic rings. The molecule has 0 bridgehead atoms. The molecule has 0 amide bonds. The van der Waals surface area contributed by atoms with Crippen molar-refractivity contribution in [1.82, 2.24) is 4.40 Å². The number of fused-ring (bicyclic) bond motifs is 2. The van der Waals surface area contributed by atoms with Gasteiger partial charge in [-0.3, -0.25) is 4.79 Å². The number of carbonyl (C=O) groups excluding carboxylic acids is 1. The Kier molecular flexibility index (Phi) is 5.60. The van der Waals surface area contributed by atoms with Crippen molar-refractivity contribution in [3.63, 3.8) is 0 Å². The molecule has 0 spiro atoms. The fourth-order valence-corrected chi connectivity index (χ4v) is 4.55. The van der Waals surface area contributed by atoms with Gasteiger partial charge in [-0.2, -0.15) is 0 Å². The molecule has 0 aliphatic heterocycles. The predicted molar refractivity (Wildman–Crippen MR) is 132 cm³/mol. The lowest BCUT2D eigenvalue weighted by molar-refractivity contribution is 0.0697. The van der Waals surface area contributed by atoms with Gasteiger partial charge in [-0.15, -0.1) is 0 Å². The van der Waals surface area contributed by atoms with E-state index in [1.165, 1.54) is 0 Å². The first-order valence-corrected chi connectivity index (χ1v) is 11.2. The van der Waals surface area contributed by atoms with Crippen molar-refractivity contribution in [1.29, 1.82) is 0 Å². The first-order chi connectivity index (χ1) is 16.6. The molecule has 5 nitrogen and oxygen atoms in total. The molecule has 0 saturated heterocycles. The van der Waals surface area contributed by atoms with E-state index in [2.05, 4.69) is 0 Å². The summed E-state index contributed by atoms with van der Waals surface area (Å²) in [5, 5.41) is 12.0. The van der Waals surface area contributed by atoms with Crippen molar-refractivity contribution in [3.05, 3.63) is 119 Å². The Balaban J connectivity index is 1.71. The number of carboxylic acid groups (broad SMARTS) is 1. The van der Waals surface area contributed by atoms with Gasteiger partial charge in [-0.05, 0) is 40.5 Å². The highest BCUT2D eigenvalue weighted by molar-refractivity contribution is 6.18. The minimum Gasteiger partial charge on any atom is -0.487 e. The van der Waals surface area contributed by atoms with Gasteiger partial charge in [0.2, 0.25) is 5.78 Å². The van der Waals surface area contributed by atoms with E-state index < -0.39 is 5.97 Å². The number of rotatable bonds is 7. The zero-order valence-corrected chi connectivity index (χ0v) is 18.7. The van der Waals surface area contributed by atoms with Crippen molar-refractivity contribution in [2.75, 3.05) is 0 Å². The molecule has 2 heterocycles. The first kappa shape index (κ1) is 21.5. The van der Waals surface area contributed by atoms with Crippen LogP contribution in [0.1, 0.15) is 44.5 Å². The Bertz CT molecular complexity index is 1530. The van der Waals surface area contributed by atoms with Crippen LogP contribution in [-0.4, -0.2) is 21.3 Å². The second kappa shape index (κ2) is 8.87. The highest BCUT2D eigenvalue weighted by Gasteiger charge is 2.29. The average Bonchev–Trinajstić information content (AvgIpc) is 3.22. The maximum atomic E-state index is 13.9. The Labute approximate surface area is 196 Å². The minimum absolute atomic E-state index is 0.106. The van der Waals surface area contributed by atoms with E-state index in [-0.39, 0.29) is 11.3 Å². The number of hydrogen-bond donors (Lipinski definition) is 1. The fraction of sp³-hybridized carbons (Fsp3) is 0.103. The van der Waals surface area contributed by atoms with Crippen LogP contribution in [0.5, 0.6) is 5.75 Å². The van der Waals surface area contributed by atoms with Crippen molar-refractivity contribution in [3.8, 4) is 5.75 Å². The molecule has 0 fully saturated rings. The van der Waals surface area contributed by atoms with Gasteiger partial charge in [0.15, 0.2) is 0 Å². The lowest BCUT2D eigenvalue weighted by atomic mass is 9.96. The molecule has 5 aromatic rings. The Morgan fingerprint density at radius 3 is 2.38 bits per heavy atom. The minimum atomic E-state index is -1.08. The van der Waals surface area contributed by atoms with Gasteiger partial charge in [-0.1, -0.05) is 79.7 Å². The molecule has 1 N–H and O–H groups in total. The Hall–Kier alpha value is -4.38. The topological polar surface area (TPSA) is 68.0 Å². The quantitative estimate of drug-likeness (QED) is 0.302. The Morgan fingerprint density at radius 1 is 0.882 bits per heavy atom. The van der Waals surface area contributed by atoms with Gasteiger partial charge < -0.3 is 14.2 Å². The van der Waals surface area contributed by atoms with Gasteiger partial charge >= 0.3 is 5.97 Å².